The second-order valence-corrected chi connectivity index (χ2v) is 9.31. The molecule has 4 aromatic carbocycles. The first-order valence-electron chi connectivity index (χ1n) is 10.2. The summed E-state index contributed by atoms with van der Waals surface area (Å²) in [6, 6.07) is 28.5. The van der Waals surface area contributed by atoms with Crippen LogP contribution >= 0.6 is 0 Å². The zero-order chi connectivity index (χ0) is 19.5. The van der Waals surface area contributed by atoms with Crippen LogP contribution in [0.3, 0.4) is 0 Å². The Labute approximate surface area is 167 Å². The molecule has 0 amide bonds. The fourth-order valence-electron chi connectivity index (χ4n) is 5.06. The molecule has 1 heteroatoms. The van der Waals surface area contributed by atoms with Crippen LogP contribution in [0.2, 0.25) is 0 Å². The molecule has 0 heterocycles. The highest BCUT2D eigenvalue weighted by atomic mass is 14.9. The Hall–Kier alpha value is -2.80. The van der Waals surface area contributed by atoms with E-state index in [9.17, 15) is 0 Å². The summed E-state index contributed by atoms with van der Waals surface area (Å²) in [6.45, 7) is 9.55. The molecule has 0 aromatic heterocycles. The zero-order valence-electron chi connectivity index (χ0n) is 17.1. The molecular formula is C27H27N. The van der Waals surface area contributed by atoms with E-state index < -0.39 is 0 Å². The summed E-state index contributed by atoms with van der Waals surface area (Å²) in [6.07, 6.45) is 0. The molecule has 28 heavy (non-hydrogen) atoms. The van der Waals surface area contributed by atoms with Crippen molar-refractivity contribution in [1.82, 2.24) is 0 Å². The van der Waals surface area contributed by atoms with Gasteiger partial charge in [0, 0.05) is 16.8 Å². The van der Waals surface area contributed by atoms with E-state index in [4.69, 9.17) is 0 Å². The molecule has 0 unspecified atom stereocenters. The molecule has 1 fully saturated rings. The summed E-state index contributed by atoms with van der Waals surface area (Å²) in [7, 11) is 0. The molecule has 0 atom stereocenters. The number of anilines is 2. The van der Waals surface area contributed by atoms with E-state index in [2.05, 4.69) is 112 Å². The van der Waals surface area contributed by atoms with Gasteiger partial charge in [0.1, 0.15) is 0 Å². The zero-order valence-corrected chi connectivity index (χ0v) is 17.1. The van der Waals surface area contributed by atoms with Crippen molar-refractivity contribution in [2.45, 2.75) is 33.6 Å². The Bertz CT molecular complexity index is 1190. The van der Waals surface area contributed by atoms with Gasteiger partial charge in [-0.05, 0) is 62.7 Å². The lowest BCUT2D eigenvalue weighted by Crippen LogP contribution is -1.98. The molecule has 0 spiro atoms. The normalized spacial score (nSPS) is 17.7. The number of benzene rings is 4. The van der Waals surface area contributed by atoms with Crippen LogP contribution in [-0.4, -0.2) is 0 Å². The summed E-state index contributed by atoms with van der Waals surface area (Å²) in [4.78, 5) is 0. The summed E-state index contributed by atoms with van der Waals surface area (Å²) in [5, 5.41) is 8.88. The molecule has 1 N–H and O–H groups in total. The lowest BCUT2D eigenvalue weighted by Gasteiger charge is -2.16. The Morgan fingerprint density at radius 3 is 1.89 bits per heavy atom. The van der Waals surface area contributed by atoms with Crippen molar-refractivity contribution in [2.75, 3.05) is 5.32 Å². The Kier molecular flexibility index (Phi) is 3.61. The van der Waals surface area contributed by atoms with Crippen molar-refractivity contribution >= 4 is 32.9 Å². The number of para-hydroxylation sites is 1. The molecule has 0 aliphatic heterocycles. The van der Waals surface area contributed by atoms with Crippen molar-refractivity contribution in [3.05, 3.63) is 84.4 Å². The molecule has 1 aliphatic rings. The fourth-order valence-corrected chi connectivity index (χ4v) is 5.06. The van der Waals surface area contributed by atoms with Gasteiger partial charge in [0.25, 0.3) is 0 Å². The van der Waals surface area contributed by atoms with Gasteiger partial charge < -0.3 is 5.32 Å². The molecule has 1 saturated carbocycles. The first-order chi connectivity index (χ1) is 13.4. The first kappa shape index (κ1) is 17.3. The van der Waals surface area contributed by atoms with Crippen molar-refractivity contribution < 1.29 is 0 Å². The van der Waals surface area contributed by atoms with Gasteiger partial charge >= 0.3 is 0 Å². The van der Waals surface area contributed by atoms with Gasteiger partial charge in [-0.3, -0.25) is 0 Å². The maximum atomic E-state index is 3.78. The predicted molar refractivity (Wildman–Crippen MR) is 121 cm³/mol. The van der Waals surface area contributed by atoms with Gasteiger partial charge in [-0.25, -0.2) is 0 Å². The van der Waals surface area contributed by atoms with Crippen LogP contribution in [0.4, 0.5) is 11.4 Å². The van der Waals surface area contributed by atoms with Crippen LogP contribution in [0.1, 0.15) is 39.2 Å². The van der Waals surface area contributed by atoms with Crippen LogP contribution in [0.25, 0.3) is 21.5 Å². The molecule has 4 aromatic rings. The van der Waals surface area contributed by atoms with Crippen molar-refractivity contribution in [2.24, 2.45) is 10.8 Å². The van der Waals surface area contributed by atoms with Gasteiger partial charge in [0.05, 0.1) is 0 Å². The fraction of sp³-hybridized carbons (Fsp3) is 0.259. The first-order valence-corrected chi connectivity index (χ1v) is 10.2. The van der Waals surface area contributed by atoms with E-state index in [-0.39, 0.29) is 0 Å². The minimum Gasteiger partial charge on any atom is -0.355 e. The maximum Gasteiger partial charge on any atom is 0.0464 e. The van der Waals surface area contributed by atoms with E-state index in [0.29, 0.717) is 16.7 Å². The molecule has 5 rings (SSSR count). The van der Waals surface area contributed by atoms with Crippen molar-refractivity contribution in [3.63, 3.8) is 0 Å². The lowest BCUT2D eigenvalue weighted by atomic mass is 10.00. The highest BCUT2D eigenvalue weighted by Crippen LogP contribution is 2.74. The second-order valence-electron chi connectivity index (χ2n) is 9.31. The number of rotatable bonds is 3. The number of hydrogen-bond donors (Lipinski definition) is 1. The molecule has 0 radical (unpaired) electrons. The maximum absolute atomic E-state index is 3.78. The quantitative estimate of drug-likeness (QED) is 0.364. The van der Waals surface area contributed by atoms with Crippen molar-refractivity contribution in [1.29, 1.82) is 0 Å². The average molecular weight is 366 g/mol. The number of fused-ring (bicyclic) bond motifs is 2. The van der Waals surface area contributed by atoms with Crippen LogP contribution in [0.5, 0.6) is 0 Å². The Morgan fingerprint density at radius 2 is 1.18 bits per heavy atom. The smallest absolute Gasteiger partial charge is 0.0464 e. The Morgan fingerprint density at radius 1 is 0.607 bits per heavy atom. The van der Waals surface area contributed by atoms with E-state index in [1.807, 2.05) is 0 Å². The highest BCUT2D eigenvalue weighted by Gasteiger charge is 2.65. The third-order valence-corrected chi connectivity index (χ3v) is 7.31. The summed E-state index contributed by atoms with van der Waals surface area (Å²) >= 11 is 0. The monoisotopic (exact) mass is 365 g/mol. The van der Waals surface area contributed by atoms with Crippen LogP contribution in [0.15, 0.2) is 78.9 Å². The highest BCUT2D eigenvalue weighted by molar-refractivity contribution is 6.04. The lowest BCUT2D eigenvalue weighted by molar-refractivity contribution is 0.457. The Balaban J connectivity index is 1.61. The third kappa shape index (κ3) is 2.46. The van der Waals surface area contributed by atoms with E-state index in [1.54, 1.807) is 0 Å². The predicted octanol–water partition coefficient (Wildman–Crippen LogP) is 7.89. The van der Waals surface area contributed by atoms with Crippen LogP contribution in [-0.2, 0) is 0 Å². The topological polar surface area (TPSA) is 12.0 Å². The van der Waals surface area contributed by atoms with Gasteiger partial charge in [-0.2, -0.15) is 0 Å². The average Bonchev–Trinajstić information content (AvgIpc) is 3.09. The molecule has 0 bridgehead atoms. The SMILES string of the molecule is CC1(C)C(c2ccccc2Nc2cccc3cc4ccccc4cc23)C1(C)C. The molecular weight excluding hydrogens is 338 g/mol. The van der Waals surface area contributed by atoms with Gasteiger partial charge in [-0.15, -0.1) is 0 Å². The minimum absolute atomic E-state index is 0.319. The standard InChI is InChI=1S/C27H27N/c1-26(2)25(27(26,3)4)21-13-7-8-14-23(21)28-24-15-9-12-20-16-18-10-5-6-11-19(18)17-22(20)24/h5-17,25,28H,1-4H3. The van der Waals surface area contributed by atoms with Crippen LogP contribution < -0.4 is 5.32 Å². The van der Waals surface area contributed by atoms with E-state index in [0.717, 1.165) is 0 Å². The van der Waals surface area contributed by atoms with Gasteiger partial charge in [0.2, 0.25) is 0 Å². The number of hydrogen-bond acceptors (Lipinski definition) is 1. The third-order valence-electron chi connectivity index (χ3n) is 7.31. The van der Waals surface area contributed by atoms with Crippen LogP contribution in [0, 0.1) is 10.8 Å². The van der Waals surface area contributed by atoms with Gasteiger partial charge in [-0.1, -0.05) is 82.3 Å². The number of nitrogens with one attached hydrogen (secondary N) is 1. The summed E-state index contributed by atoms with van der Waals surface area (Å²) < 4.78 is 0. The summed E-state index contributed by atoms with van der Waals surface area (Å²) in [5.74, 6) is 0.569. The molecule has 1 aliphatic carbocycles. The van der Waals surface area contributed by atoms with Gasteiger partial charge in [0.15, 0.2) is 0 Å². The van der Waals surface area contributed by atoms with Crippen molar-refractivity contribution in [3.8, 4) is 0 Å². The molecule has 0 saturated heterocycles. The van der Waals surface area contributed by atoms with E-state index in [1.165, 1.54) is 38.5 Å². The minimum atomic E-state index is 0.319. The second kappa shape index (κ2) is 5.85. The largest absolute Gasteiger partial charge is 0.355 e. The molecule has 140 valence electrons. The summed E-state index contributed by atoms with van der Waals surface area (Å²) in [5.41, 5.74) is 4.47. The van der Waals surface area contributed by atoms with E-state index >= 15 is 0 Å². The molecule has 1 nitrogen and oxygen atoms in total.